The van der Waals surface area contributed by atoms with Crippen molar-refractivity contribution in [1.29, 1.82) is 0 Å². The fraction of sp³-hybridized carbons (Fsp3) is 0.600. The number of carbonyl (C=O) groups is 1. The summed E-state index contributed by atoms with van der Waals surface area (Å²) in [6.07, 6.45) is 5.38. The summed E-state index contributed by atoms with van der Waals surface area (Å²) in [5, 5.41) is 3.27. The summed E-state index contributed by atoms with van der Waals surface area (Å²) in [6, 6.07) is 1.79. The Kier molecular flexibility index (Phi) is 5.35. The Morgan fingerprint density at radius 1 is 1.60 bits per heavy atom. The molecule has 0 radical (unpaired) electrons. The topological polar surface area (TPSA) is 54.5 Å². The maximum atomic E-state index is 12.7. The molecule has 1 saturated heterocycles. The van der Waals surface area contributed by atoms with Gasteiger partial charge in [-0.3, -0.25) is 9.78 Å². The Balaban J connectivity index is 2.15. The Bertz CT molecular complexity index is 450. The molecular weight excluding hydrogens is 254 g/mol. The number of pyridine rings is 1. The summed E-state index contributed by atoms with van der Waals surface area (Å²) in [5.74, 6) is 0.0587. The molecule has 1 N–H and O–H groups in total. The quantitative estimate of drug-likeness (QED) is 0.916. The van der Waals surface area contributed by atoms with Gasteiger partial charge in [-0.25, -0.2) is 0 Å². The summed E-state index contributed by atoms with van der Waals surface area (Å²) in [4.78, 5) is 18.7. The van der Waals surface area contributed by atoms with E-state index in [9.17, 15) is 4.79 Å². The zero-order chi connectivity index (χ0) is 14.4. The molecule has 5 nitrogen and oxygen atoms in total. The number of nitrogens with zero attached hydrogens (tertiary/aromatic N) is 2. The van der Waals surface area contributed by atoms with Crippen LogP contribution < -0.4 is 5.32 Å². The number of hydrogen-bond acceptors (Lipinski definition) is 4. The van der Waals surface area contributed by atoms with Crippen molar-refractivity contribution in [3.63, 3.8) is 0 Å². The van der Waals surface area contributed by atoms with Crippen molar-refractivity contribution in [2.45, 2.75) is 32.8 Å². The molecule has 0 aromatic carbocycles. The molecule has 0 bridgehead atoms. The van der Waals surface area contributed by atoms with Crippen molar-refractivity contribution in [1.82, 2.24) is 9.88 Å². The molecule has 20 heavy (non-hydrogen) atoms. The van der Waals surface area contributed by atoms with Gasteiger partial charge in [0.25, 0.3) is 5.91 Å². The monoisotopic (exact) mass is 277 g/mol. The lowest BCUT2D eigenvalue weighted by atomic mass is 10.2. The average Bonchev–Trinajstić information content (AvgIpc) is 2.69. The first-order valence-corrected chi connectivity index (χ1v) is 7.31. The molecule has 0 saturated carbocycles. The minimum absolute atomic E-state index is 0.0587. The molecule has 110 valence electrons. The lowest BCUT2D eigenvalue weighted by molar-refractivity contribution is 0.0563. The van der Waals surface area contributed by atoms with E-state index in [-0.39, 0.29) is 12.0 Å². The minimum Gasteiger partial charge on any atom is -0.383 e. The zero-order valence-corrected chi connectivity index (χ0v) is 12.3. The molecular formula is C15H23N3O2. The molecule has 2 rings (SSSR count). The molecule has 1 aliphatic rings. The third-order valence-electron chi connectivity index (χ3n) is 3.36. The lowest BCUT2D eigenvalue weighted by Gasteiger charge is -2.23. The lowest BCUT2D eigenvalue weighted by Crippen LogP contribution is -2.36. The van der Waals surface area contributed by atoms with Gasteiger partial charge < -0.3 is 15.0 Å². The number of anilines is 1. The van der Waals surface area contributed by atoms with Crippen LogP contribution in [-0.4, -0.2) is 48.1 Å². The fourth-order valence-corrected chi connectivity index (χ4v) is 2.33. The number of rotatable bonds is 4. The van der Waals surface area contributed by atoms with E-state index in [2.05, 4.69) is 17.2 Å². The Morgan fingerprint density at radius 3 is 3.25 bits per heavy atom. The van der Waals surface area contributed by atoms with Crippen LogP contribution in [0.3, 0.4) is 0 Å². The summed E-state index contributed by atoms with van der Waals surface area (Å²) in [5.41, 5.74) is 1.51. The first kappa shape index (κ1) is 14.8. The van der Waals surface area contributed by atoms with Crippen LogP contribution in [0.4, 0.5) is 5.69 Å². The van der Waals surface area contributed by atoms with Crippen LogP contribution in [0.25, 0.3) is 0 Å². The average molecular weight is 277 g/mol. The largest absolute Gasteiger partial charge is 0.383 e. The van der Waals surface area contributed by atoms with Gasteiger partial charge in [-0.05, 0) is 25.8 Å². The Hall–Kier alpha value is -1.62. The Labute approximate surface area is 120 Å². The number of aromatic nitrogens is 1. The van der Waals surface area contributed by atoms with E-state index in [0.717, 1.165) is 38.2 Å². The number of ether oxygens (including phenoxy) is 1. The number of hydrogen-bond donors (Lipinski definition) is 1. The van der Waals surface area contributed by atoms with E-state index in [1.54, 1.807) is 18.5 Å². The number of nitrogens with one attached hydrogen (secondary N) is 1. The van der Waals surface area contributed by atoms with E-state index in [0.29, 0.717) is 12.1 Å². The van der Waals surface area contributed by atoms with Crippen molar-refractivity contribution in [3.05, 3.63) is 24.0 Å². The van der Waals surface area contributed by atoms with Gasteiger partial charge in [0, 0.05) is 32.4 Å². The predicted octanol–water partition coefficient (Wildman–Crippen LogP) is 2.15. The molecule has 1 unspecified atom stereocenters. The highest BCUT2D eigenvalue weighted by Crippen LogP contribution is 2.18. The van der Waals surface area contributed by atoms with E-state index in [1.807, 2.05) is 11.8 Å². The summed E-state index contributed by atoms with van der Waals surface area (Å²) < 4.78 is 5.59. The van der Waals surface area contributed by atoms with Crippen molar-refractivity contribution in [2.75, 3.05) is 31.6 Å². The normalized spacial score (nSPS) is 19.5. The molecule has 2 heterocycles. The van der Waals surface area contributed by atoms with Crippen LogP contribution in [0, 0.1) is 0 Å². The SMILES string of the molecule is CCCNc1cnccc1C(=O)N1CCCOC(C)C1. The molecule has 5 heteroatoms. The smallest absolute Gasteiger partial charge is 0.256 e. The highest BCUT2D eigenvalue weighted by Gasteiger charge is 2.22. The van der Waals surface area contributed by atoms with Gasteiger partial charge in [0.2, 0.25) is 0 Å². The second kappa shape index (κ2) is 7.24. The predicted molar refractivity (Wildman–Crippen MR) is 79.0 cm³/mol. The third kappa shape index (κ3) is 3.70. The van der Waals surface area contributed by atoms with Gasteiger partial charge >= 0.3 is 0 Å². The molecule has 1 aromatic rings. The maximum Gasteiger partial charge on any atom is 0.256 e. The van der Waals surface area contributed by atoms with Crippen LogP contribution in [0.15, 0.2) is 18.5 Å². The molecule has 1 amide bonds. The van der Waals surface area contributed by atoms with E-state index >= 15 is 0 Å². The highest BCUT2D eigenvalue weighted by molar-refractivity contribution is 5.99. The van der Waals surface area contributed by atoms with Crippen LogP contribution in [0.5, 0.6) is 0 Å². The molecule has 1 aliphatic heterocycles. The van der Waals surface area contributed by atoms with Crippen molar-refractivity contribution >= 4 is 11.6 Å². The van der Waals surface area contributed by atoms with Crippen LogP contribution in [0.2, 0.25) is 0 Å². The molecule has 1 aromatic heterocycles. The summed E-state index contributed by atoms with van der Waals surface area (Å²) in [6.45, 7) is 7.06. The number of carbonyl (C=O) groups excluding carboxylic acids is 1. The molecule has 0 spiro atoms. The zero-order valence-electron chi connectivity index (χ0n) is 12.3. The van der Waals surface area contributed by atoms with Gasteiger partial charge in [0.1, 0.15) is 0 Å². The van der Waals surface area contributed by atoms with Gasteiger partial charge in [0.05, 0.1) is 23.6 Å². The first-order chi connectivity index (χ1) is 9.72. The molecule has 0 aliphatic carbocycles. The van der Waals surface area contributed by atoms with Crippen molar-refractivity contribution in [3.8, 4) is 0 Å². The standard InChI is InChI=1S/C15H23N3O2/c1-3-6-17-14-10-16-7-5-13(14)15(19)18-8-4-9-20-12(2)11-18/h5,7,10,12,17H,3-4,6,8-9,11H2,1-2H3. The summed E-state index contributed by atoms with van der Waals surface area (Å²) >= 11 is 0. The summed E-state index contributed by atoms with van der Waals surface area (Å²) in [7, 11) is 0. The van der Waals surface area contributed by atoms with Crippen LogP contribution in [0.1, 0.15) is 37.0 Å². The van der Waals surface area contributed by atoms with E-state index in [1.165, 1.54) is 0 Å². The maximum absolute atomic E-state index is 12.7. The second-order valence-corrected chi connectivity index (χ2v) is 5.13. The third-order valence-corrected chi connectivity index (χ3v) is 3.36. The molecule has 1 atom stereocenters. The second-order valence-electron chi connectivity index (χ2n) is 5.13. The fourth-order valence-electron chi connectivity index (χ4n) is 2.33. The van der Waals surface area contributed by atoms with Crippen LogP contribution >= 0.6 is 0 Å². The van der Waals surface area contributed by atoms with Crippen LogP contribution in [-0.2, 0) is 4.74 Å². The van der Waals surface area contributed by atoms with Crippen molar-refractivity contribution < 1.29 is 9.53 Å². The minimum atomic E-state index is 0.0587. The van der Waals surface area contributed by atoms with Gasteiger partial charge in [0.15, 0.2) is 0 Å². The van der Waals surface area contributed by atoms with Crippen molar-refractivity contribution in [2.24, 2.45) is 0 Å². The van der Waals surface area contributed by atoms with E-state index < -0.39 is 0 Å². The van der Waals surface area contributed by atoms with Gasteiger partial charge in [-0.1, -0.05) is 6.92 Å². The Morgan fingerprint density at radius 2 is 2.45 bits per heavy atom. The van der Waals surface area contributed by atoms with Gasteiger partial charge in [-0.15, -0.1) is 0 Å². The number of amides is 1. The highest BCUT2D eigenvalue weighted by atomic mass is 16.5. The first-order valence-electron chi connectivity index (χ1n) is 7.31. The van der Waals surface area contributed by atoms with Gasteiger partial charge in [-0.2, -0.15) is 0 Å². The molecule has 1 fully saturated rings. The van der Waals surface area contributed by atoms with E-state index in [4.69, 9.17) is 4.74 Å².